The maximum absolute atomic E-state index is 12.8. The van der Waals surface area contributed by atoms with Gasteiger partial charge in [0.25, 0.3) is 5.91 Å². The Bertz CT molecular complexity index is 1260. The SMILES string of the molecule is CC(=O)c1c(C)oc(NC(=O)C2CC(=O)N(c3ccc4sc(C)nc4c3)C2)c1C(N)=O. The number of nitrogens with zero attached hydrogens (tertiary/aromatic N) is 2. The topological polar surface area (TPSA) is 136 Å². The number of rotatable bonds is 5. The summed E-state index contributed by atoms with van der Waals surface area (Å²) in [5, 5.41) is 3.46. The Hall–Kier alpha value is -3.53. The zero-order valence-electron chi connectivity index (χ0n) is 17.1. The molecule has 9 nitrogen and oxygen atoms in total. The number of fused-ring (bicyclic) bond motifs is 1. The number of thiazole rings is 1. The molecule has 1 atom stereocenters. The van der Waals surface area contributed by atoms with E-state index in [2.05, 4.69) is 10.3 Å². The van der Waals surface area contributed by atoms with Gasteiger partial charge in [0, 0.05) is 18.7 Å². The number of Topliss-reactive ketones (excluding diaryl/α,β-unsaturated/α-hetero) is 1. The fourth-order valence-electron chi connectivity index (χ4n) is 3.84. The van der Waals surface area contributed by atoms with Crippen LogP contribution in [0.25, 0.3) is 10.2 Å². The van der Waals surface area contributed by atoms with Crippen LogP contribution in [-0.4, -0.2) is 35.0 Å². The Morgan fingerprint density at radius 3 is 2.68 bits per heavy atom. The van der Waals surface area contributed by atoms with Crippen LogP contribution in [-0.2, 0) is 9.59 Å². The van der Waals surface area contributed by atoms with Crippen molar-refractivity contribution in [1.82, 2.24) is 4.98 Å². The molecule has 3 heterocycles. The summed E-state index contributed by atoms with van der Waals surface area (Å²) in [5.74, 6) is -2.61. The molecule has 4 rings (SSSR count). The minimum absolute atomic E-state index is 0.00508. The second-order valence-electron chi connectivity index (χ2n) is 7.44. The number of carbonyl (C=O) groups excluding carboxylic acids is 4. The number of furan rings is 1. The van der Waals surface area contributed by atoms with Crippen LogP contribution in [0.3, 0.4) is 0 Å². The molecule has 0 radical (unpaired) electrons. The Morgan fingerprint density at radius 1 is 1.26 bits per heavy atom. The third-order valence-electron chi connectivity index (χ3n) is 5.21. The summed E-state index contributed by atoms with van der Waals surface area (Å²) in [5.41, 5.74) is 6.74. The van der Waals surface area contributed by atoms with Crippen LogP contribution in [0.1, 0.15) is 44.8 Å². The molecule has 3 amide bonds. The average molecular weight is 440 g/mol. The van der Waals surface area contributed by atoms with Crippen molar-refractivity contribution in [2.45, 2.75) is 27.2 Å². The number of nitrogens with two attached hydrogens (primary N) is 1. The molecule has 0 bridgehead atoms. The standard InChI is InChI=1S/C21H20N4O5S/c1-9(26)17-10(2)30-21(18(17)19(22)28)24-20(29)12-6-16(27)25(8-12)13-4-5-15-14(7-13)23-11(3)31-15/h4-5,7,12H,6,8H2,1-3H3,(H2,22,28)(H,24,29). The van der Waals surface area contributed by atoms with Crippen molar-refractivity contribution in [2.75, 3.05) is 16.8 Å². The van der Waals surface area contributed by atoms with E-state index in [4.69, 9.17) is 10.2 Å². The van der Waals surface area contributed by atoms with Crippen molar-refractivity contribution in [3.63, 3.8) is 0 Å². The number of amides is 3. The number of hydrogen-bond donors (Lipinski definition) is 2. The van der Waals surface area contributed by atoms with Crippen LogP contribution in [0.5, 0.6) is 0 Å². The first-order valence-electron chi connectivity index (χ1n) is 9.58. The second kappa shape index (κ2) is 7.62. The van der Waals surface area contributed by atoms with Gasteiger partial charge in [-0.25, -0.2) is 4.98 Å². The third kappa shape index (κ3) is 3.70. The number of carbonyl (C=O) groups is 4. The van der Waals surface area contributed by atoms with Crippen molar-refractivity contribution in [3.05, 3.63) is 40.1 Å². The summed E-state index contributed by atoms with van der Waals surface area (Å²) in [6, 6.07) is 5.57. The molecule has 3 aromatic rings. The smallest absolute Gasteiger partial charge is 0.255 e. The highest BCUT2D eigenvalue weighted by Crippen LogP contribution is 2.32. The van der Waals surface area contributed by atoms with E-state index in [1.807, 2.05) is 25.1 Å². The molecular formula is C21H20N4O5S. The van der Waals surface area contributed by atoms with E-state index in [0.717, 1.165) is 15.2 Å². The lowest BCUT2D eigenvalue weighted by Gasteiger charge is -2.16. The van der Waals surface area contributed by atoms with Gasteiger partial charge in [-0.15, -0.1) is 11.3 Å². The van der Waals surface area contributed by atoms with Crippen molar-refractivity contribution < 1.29 is 23.6 Å². The van der Waals surface area contributed by atoms with Crippen molar-refractivity contribution in [1.29, 1.82) is 0 Å². The molecule has 1 aromatic carbocycles. The van der Waals surface area contributed by atoms with E-state index in [0.29, 0.717) is 5.69 Å². The summed E-state index contributed by atoms with van der Waals surface area (Å²) in [7, 11) is 0. The molecule has 3 N–H and O–H groups in total. The number of aromatic nitrogens is 1. The van der Waals surface area contributed by atoms with Gasteiger partial charge in [0.15, 0.2) is 5.78 Å². The molecule has 1 unspecified atom stereocenters. The first-order chi connectivity index (χ1) is 14.7. The highest BCUT2D eigenvalue weighted by molar-refractivity contribution is 7.18. The lowest BCUT2D eigenvalue weighted by atomic mass is 10.1. The van der Waals surface area contributed by atoms with Gasteiger partial charge in [-0.2, -0.15) is 0 Å². The molecule has 0 spiro atoms. The number of nitrogens with one attached hydrogen (secondary N) is 1. The van der Waals surface area contributed by atoms with Gasteiger partial charge >= 0.3 is 0 Å². The molecule has 10 heteroatoms. The zero-order chi connectivity index (χ0) is 22.4. The lowest BCUT2D eigenvalue weighted by molar-refractivity contribution is -0.122. The van der Waals surface area contributed by atoms with E-state index in [1.54, 1.807) is 16.2 Å². The molecular weight excluding hydrogens is 420 g/mol. The number of primary amides is 1. The molecule has 1 aliphatic heterocycles. The van der Waals surface area contributed by atoms with Crippen LogP contribution >= 0.6 is 11.3 Å². The molecule has 0 saturated carbocycles. The van der Waals surface area contributed by atoms with E-state index >= 15 is 0 Å². The Balaban J connectivity index is 1.55. The molecule has 1 saturated heterocycles. The maximum atomic E-state index is 12.8. The number of ketones is 1. The van der Waals surface area contributed by atoms with Crippen molar-refractivity contribution in [2.24, 2.45) is 11.7 Å². The van der Waals surface area contributed by atoms with E-state index in [9.17, 15) is 19.2 Å². The van der Waals surface area contributed by atoms with Crippen LogP contribution in [0.2, 0.25) is 0 Å². The maximum Gasteiger partial charge on any atom is 0.255 e. The van der Waals surface area contributed by atoms with Gasteiger partial charge in [-0.3, -0.25) is 24.5 Å². The average Bonchev–Trinajstić information content (AvgIpc) is 3.34. The Labute approximate surface area is 181 Å². The first kappa shape index (κ1) is 20.7. The van der Waals surface area contributed by atoms with Gasteiger partial charge in [0.2, 0.25) is 17.7 Å². The van der Waals surface area contributed by atoms with Gasteiger partial charge in [0.1, 0.15) is 11.3 Å². The number of aryl methyl sites for hydroxylation is 2. The molecule has 0 aliphatic carbocycles. The summed E-state index contributed by atoms with van der Waals surface area (Å²) in [6.45, 7) is 4.88. The van der Waals surface area contributed by atoms with E-state index in [1.165, 1.54) is 13.8 Å². The van der Waals surface area contributed by atoms with E-state index < -0.39 is 23.5 Å². The third-order valence-corrected chi connectivity index (χ3v) is 6.16. The van der Waals surface area contributed by atoms with Crippen LogP contribution < -0.4 is 16.0 Å². The number of anilines is 2. The Kier molecular flexibility index (Phi) is 5.10. The highest BCUT2D eigenvalue weighted by Gasteiger charge is 2.36. The van der Waals surface area contributed by atoms with Gasteiger partial charge < -0.3 is 15.1 Å². The lowest BCUT2D eigenvalue weighted by Crippen LogP contribution is -2.28. The molecule has 2 aromatic heterocycles. The molecule has 1 aliphatic rings. The first-order valence-corrected chi connectivity index (χ1v) is 10.4. The van der Waals surface area contributed by atoms with Crippen LogP contribution in [0.15, 0.2) is 22.6 Å². The van der Waals surface area contributed by atoms with Crippen LogP contribution in [0.4, 0.5) is 11.6 Å². The minimum atomic E-state index is -0.881. The number of benzene rings is 1. The summed E-state index contributed by atoms with van der Waals surface area (Å²) < 4.78 is 6.45. The minimum Gasteiger partial charge on any atom is -0.444 e. The molecule has 160 valence electrons. The van der Waals surface area contributed by atoms with Crippen molar-refractivity contribution >= 4 is 56.6 Å². The monoisotopic (exact) mass is 440 g/mol. The van der Waals surface area contributed by atoms with E-state index in [-0.39, 0.29) is 41.6 Å². The predicted molar refractivity (Wildman–Crippen MR) is 115 cm³/mol. The highest BCUT2D eigenvalue weighted by atomic mass is 32.1. The normalized spacial score (nSPS) is 16.2. The predicted octanol–water partition coefficient (Wildman–Crippen LogP) is 2.80. The summed E-state index contributed by atoms with van der Waals surface area (Å²) in [4.78, 5) is 55.1. The fraction of sp³-hybridized carbons (Fsp3) is 0.286. The largest absolute Gasteiger partial charge is 0.444 e. The van der Waals surface area contributed by atoms with Crippen LogP contribution in [0, 0.1) is 19.8 Å². The molecule has 31 heavy (non-hydrogen) atoms. The van der Waals surface area contributed by atoms with Gasteiger partial charge in [-0.1, -0.05) is 0 Å². The summed E-state index contributed by atoms with van der Waals surface area (Å²) >= 11 is 1.57. The second-order valence-corrected chi connectivity index (χ2v) is 8.67. The quantitative estimate of drug-likeness (QED) is 0.586. The van der Waals surface area contributed by atoms with Gasteiger partial charge in [0.05, 0.1) is 26.7 Å². The Morgan fingerprint density at radius 2 is 2.00 bits per heavy atom. The van der Waals surface area contributed by atoms with Gasteiger partial charge in [-0.05, 0) is 39.0 Å². The number of hydrogen-bond acceptors (Lipinski definition) is 7. The molecule has 1 fully saturated rings. The van der Waals surface area contributed by atoms with Crippen molar-refractivity contribution in [3.8, 4) is 0 Å². The summed E-state index contributed by atoms with van der Waals surface area (Å²) in [6.07, 6.45) is 0.00508. The fourth-order valence-corrected chi connectivity index (χ4v) is 4.64. The zero-order valence-corrected chi connectivity index (χ0v) is 18.0.